The Morgan fingerprint density at radius 2 is 1.48 bits per heavy atom. The Morgan fingerprint density at radius 1 is 0.780 bits per heavy atom. The lowest BCUT2D eigenvalue weighted by atomic mass is 10.0. The number of aliphatic hydroxyl groups excluding tert-OH is 2. The number of rotatable bonds is 15. The Balaban J connectivity index is 1.04. The monoisotopic (exact) mass is 673 g/mol. The molecule has 2 amide bonds. The van der Waals surface area contributed by atoms with Gasteiger partial charge in [0.05, 0.1) is 24.7 Å². The van der Waals surface area contributed by atoms with E-state index in [4.69, 9.17) is 0 Å². The van der Waals surface area contributed by atoms with E-state index in [0.717, 1.165) is 51.4 Å². The number of nitrogens with zero attached hydrogens (tertiary/aromatic N) is 2. The molecular weight excluding hydrogens is 626 g/mol. The number of hydrogen-bond donors (Lipinski definition) is 5. The van der Waals surface area contributed by atoms with Crippen LogP contribution in [0.1, 0.15) is 75.6 Å². The number of amides is 2. The fourth-order valence-corrected chi connectivity index (χ4v) is 6.01. The van der Waals surface area contributed by atoms with Gasteiger partial charge in [0.1, 0.15) is 5.82 Å². The van der Waals surface area contributed by atoms with Crippen LogP contribution >= 0.6 is 0 Å². The van der Waals surface area contributed by atoms with Gasteiger partial charge in [0, 0.05) is 47.8 Å². The molecule has 0 bridgehead atoms. The average Bonchev–Trinajstić information content (AvgIpc) is 3.47. The minimum absolute atomic E-state index is 0.0938. The zero-order valence-electron chi connectivity index (χ0n) is 29.1. The van der Waals surface area contributed by atoms with Gasteiger partial charge in [-0.25, -0.2) is 4.98 Å². The molecule has 4 atom stereocenters. The summed E-state index contributed by atoms with van der Waals surface area (Å²) in [6.07, 6.45) is 1.23. The lowest BCUT2D eigenvalue weighted by molar-refractivity contribution is -0.120. The number of aromatic nitrogens is 2. The van der Waals surface area contributed by atoms with E-state index in [9.17, 15) is 19.8 Å². The van der Waals surface area contributed by atoms with Crippen molar-refractivity contribution in [2.24, 2.45) is 0 Å². The zero-order chi connectivity index (χ0) is 35.6. The van der Waals surface area contributed by atoms with Crippen molar-refractivity contribution in [2.45, 2.75) is 71.4 Å². The van der Waals surface area contributed by atoms with E-state index in [1.54, 1.807) is 25.3 Å². The van der Waals surface area contributed by atoms with E-state index >= 15 is 0 Å². The Kier molecular flexibility index (Phi) is 12.3. The smallest absolute Gasteiger partial charge is 0.251 e. The van der Waals surface area contributed by atoms with Gasteiger partial charge in [-0.2, -0.15) is 0 Å². The van der Waals surface area contributed by atoms with Crippen molar-refractivity contribution in [3.05, 3.63) is 154 Å². The third kappa shape index (κ3) is 9.75. The highest BCUT2D eigenvalue weighted by molar-refractivity contribution is 5.94. The highest BCUT2D eigenvalue weighted by atomic mass is 16.3. The van der Waals surface area contributed by atoms with Crippen molar-refractivity contribution in [3.8, 4) is 5.82 Å². The number of benzene rings is 3. The van der Waals surface area contributed by atoms with Gasteiger partial charge in [-0.15, -0.1) is 0 Å². The summed E-state index contributed by atoms with van der Waals surface area (Å²) in [5.41, 5.74) is 7.11. The minimum atomic E-state index is -0.813. The van der Waals surface area contributed by atoms with Gasteiger partial charge in [-0.1, -0.05) is 72.8 Å². The highest BCUT2D eigenvalue weighted by Gasteiger charge is 2.19. The number of aryl methyl sites for hydroxylation is 2. The van der Waals surface area contributed by atoms with Gasteiger partial charge in [0.2, 0.25) is 5.91 Å². The Morgan fingerprint density at radius 3 is 2.16 bits per heavy atom. The van der Waals surface area contributed by atoms with Crippen molar-refractivity contribution < 1.29 is 19.8 Å². The normalized spacial score (nSPS) is 13.6. The molecule has 4 unspecified atom stereocenters. The van der Waals surface area contributed by atoms with E-state index in [1.165, 1.54) is 0 Å². The number of carbonyl (C=O) groups is 2. The SMILES string of the molecule is Cc1ccc(C)n1-c1ccc(C(O)CNC(C)Cc2cccc(CC(=O)NCc3ccc(C(=O)NC(C)C(O)c4ccccc4)cc3)c2)cn1. The lowest BCUT2D eigenvalue weighted by Crippen LogP contribution is -2.37. The molecule has 2 aromatic heterocycles. The van der Waals surface area contributed by atoms with E-state index in [1.807, 2.05) is 92.7 Å². The van der Waals surface area contributed by atoms with Crippen molar-refractivity contribution in [2.75, 3.05) is 6.54 Å². The van der Waals surface area contributed by atoms with Crippen LogP contribution in [0, 0.1) is 13.8 Å². The van der Waals surface area contributed by atoms with Crippen LogP contribution in [0.5, 0.6) is 0 Å². The number of pyridine rings is 1. The van der Waals surface area contributed by atoms with Gasteiger partial charge in [0.15, 0.2) is 0 Å². The van der Waals surface area contributed by atoms with Gasteiger partial charge in [0.25, 0.3) is 5.91 Å². The van der Waals surface area contributed by atoms with Crippen molar-refractivity contribution in [1.29, 1.82) is 0 Å². The Hall–Kier alpha value is -5.09. The van der Waals surface area contributed by atoms with Gasteiger partial charge >= 0.3 is 0 Å². The van der Waals surface area contributed by atoms with E-state index in [0.29, 0.717) is 18.7 Å². The van der Waals surface area contributed by atoms with Crippen molar-refractivity contribution in [1.82, 2.24) is 25.5 Å². The van der Waals surface area contributed by atoms with E-state index in [-0.39, 0.29) is 24.3 Å². The summed E-state index contributed by atoms with van der Waals surface area (Å²) in [6, 6.07) is 31.9. The molecule has 50 heavy (non-hydrogen) atoms. The lowest BCUT2D eigenvalue weighted by Gasteiger charge is -2.20. The highest BCUT2D eigenvalue weighted by Crippen LogP contribution is 2.19. The quantitative estimate of drug-likeness (QED) is 0.101. The second-order valence-electron chi connectivity index (χ2n) is 13.0. The van der Waals surface area contributed by atoms with E-state index in [2.05, 4.69) is 44.6 Å². The summed E-state index contributed by atoms with van der Waals surface area (Å²) >= 11 is 0. The van der Waals surface area contributed by atoms with Crippen LogP contribution in [0.2, 0.25) is 0 Å². The molecule has 9 nitrogen and oxygen atoms in total. The van der Waals surface area contributed by atoms with Crippen LogP contribution < -0.4 is 16.0 Å². The van der Waals surface area contributed by atoms with E-state index < -0.39 is 18.2 Å². The molecule has 0 aliphatic carbocycles. The zero-order valence-corrected chi connectivity index (χ0v) is 29.1. The summed E-state index contributed by atoms with van der Waals surface area (Å²) in [5, 5.41) is 30.6. The molecule has 5 aromatic rings. The van der Waals surface area contributed by atoms with Crippen LogP contribution in [0.25, 0.3) is 5.82 Å². The van der Waals surface area contributed by atoms with Crippen LogP contribution in [0.15, 0.2) is 109 Å². The van der Waals surface area contributed by atoms with Crippen molar-refractivity contribution >= 4 is 11.8 Å². The first-order valence-corrected chi connectivity index (χ1v) is 17.1. The standard InChI is InChI=1S/C41H47N5O4/c1-27(42-26-37(47)36-19-20-38(43-25-36)46-28(2)13-14-29(46)3)21-32-9-8-10-33(22-32)23-39(48)44-24-31-15-17-35(18-16-31)41(50)45-30(4)40(49)34-11-6-5-7-12-34/h5-20,22,25,27,30,37,40,42,47,49H,21,23-24,26H2,1-4H3,(H,44,48)(H,45,50). The third-order valence-corrected chi connectivity index (χ3v) is 8.89. The maximum Gasteiger partial charge on any atom is 0.251 e. The molecule has 0 aliphatic rings. The fourth-order valence-electron chi connectivity index (χ4n) is 6.01. The first-order valence-electron chi connectivity index (χ1n) is 17.1. The summed E-state index contributed by atoms with van der Waals surface area (Å²) in [4.78, 5) is 30.1. The molecule has 3 aromatic carbocycles. The minimum Gasteiger partial charge on any atom is -0.387 e. The summed E-state index contributed by atoms with van der Waals surface area (Å²) in [6.45, 7) is 8.68. The maximum absolute atomic E-state index is 12.8. The van der Waals surface area contributed by atoms with Crippen molar-refractivity contribution in [3.63, 3.8) is 0 Å². The van der Waals surface area contributed by atoms with Crippen LogP contribution in [0.3, 0.4) is 0 Å². The predicted molar refractivity (Wildman–Crippen MR) is 196 cm³/mol. The largest absolute Gasteiger partial charge is 0.387 e. The summed E-state index contributed by atoms with van der Waals surface area (Å²) in [5.74, 6) is 0.465. The number of aliphatic hydroxyl groups is 2. The Bertz CT molecular complexity index is 1840. The molecule has 9 heteroatoms. The molecule has 5 rings (SSSR count). The topological polar surface area (TPSA) is 129 Å². The number of nitrogens with one attached hydrogen (secondary N) is 3. The number of hydrogen-bond acceptors (Lipinski definition) is 6. The first-order chi connectivity index (χ1) is 24.1. The number of carbonyl (C=O) groups excluding carboxylic acids is 2. The molecule has 0 fully saturated rings. The van der Waals surface area contributed by atoms with Gasteiger partial charge in [-0.3, -0.25) is 9.59 Å². The molecular formula is C41H47N5O4. The van der Waals surface area contributed by atoms with Gasteiger partial charge in [-0.05, 0) is 86.7 Å². The van der Waals surface area contributed by atoms with Gasteiger partial charge < -0.3 is 30.7 Å². The maximum atomic E-state index is 12.8. The molecule has 5 N–H and O–H groups in total. The van der Waals surface area contributed by atoms with Crippen LogP contribution in [0.4, 0.5) is 0 Å². The summed E-state index contributed by atoms with van der Waals surface area (Å²) in [7, 11) is 0. The molecule has 0 saturated carbocycles. The van der Waals surface area contributed by atoms with Crippen LogP contribution in [-0.2, 0) is 24.2 Å². The molecule has 0 spiro atoms. The molecule has 0 radical (unpaired) electrons. The fraction of sp³-hybridized carbons (Fsp3) is 0.293. The summed E-state index contributed by atoms with van der Waals surface area (Å²) < 4.78 is 2.08. The Labute approximate surface area is 294 Å². The first kappa shape index (κ1) is 36.2. The molecule has 0 aliphatic heterocycles. The average molecular weight is 674 g/mol. The predicted octanol–water partition coefficient (Wildman–Crippen LogP) is 5.45. The molecule has 2 heterocycles. The molecule has 0 saturated heterocycles. The second kappa shape index (κ2) is 17.0. The molecule has 260 valence electrons. The third-order valence-electron chi connectivity index (χ3n) is 8.89. The second-order valence-corrected chi connectivity index (χ2v) is 13.0. The van der Waals surface area contributed by atoms with Crippen LogP contribution in [-0.4, -0.2) is 50.2 Å².